The molecule has 26 heavy (non-hydrogen) atoms. The van der Waals surface area contributed by atoms with Crippen LogP contribution in [0.3, 0.4) is 0 Å². The summed E-state index contributed by atoms with van der Waals surface area (Å²) < 4.78 is 19.0. The van der Waals surface area contributed by atoms with Crippen molar-refractivity contribution in [2.75, 3.05) is 0 Å². The molecule has 1 fully saturated rings. The average molecular weight is 356 g/mol. The van der Waals surface area contributed by atoms with E-state index in [1.165, 1.54) is 18.2 Å². The van der Waals surface area contributed by atoms with E-state index in [1.807, 2.05) is 0 Å². The SMILES string of the molecule is Cc1c(OC2CCCC2)cc(O)c(C(=O)O)c1C=Cc1ccc(F)cc1. The zero-order valence-corrected chi connectivity index (χ0v) is 14.5. The highest BCUT2D eigenvalue weighted by atomic mass is 19.1. The van der Waals surface area contributed by atoms with Crippen LogP contribution in [0.15, 0.2) is 30.3 Å². The van der Waals surface area contributed by atoms with Gasteiger partial charge in [-0.05, 0) is 61.4 Å². The molecule has 1 saturated carbocycles. The maximum atomic E-state index is 13.0. The molecule has 2 aromatic rings. The van der Waals surface area contributed by atoms with Crippen molar-refractivity contribution in [1.29, 1.82) is 0 Å². The number of rotatable bonds is 5. The van der Waals surface area contributed by atoms with Crippen LogP contribution in [0, 0.1) is 12.7 Å². The monoisotopic (exact) mass is 356 g/mol. The second-order valence-corrected chi connectivity index (χ2v) is 6.52. The number of carboxylic acids is 1. The van der Waals surface area contributed by atoms with Crippen LogP contribution in [0.25, 0.3) is 12.2 Å². The summed E-state index contributed by atoms with van der Waals surface area (Å²) in [7, 11) is 0. The quantitative estimate of drug-likeness (QED) is 0.738. The summed E-state index contributed by atoms with van der Waals surface area (Å²) in [6.07, 6.45) is 7.54. The van der Waals surface area contributed by atoms with E-state index in [1.54, 1.807) is 31.2 Å². The van der Waals surface area contributed by atoms with Crippen molar-refractivity contribution in [3.63, 3.8) is 0 Å². The lowest BCUT2D eigenvalue weighted by atomic mass is 9.98. The van der Waals surface area contributed by atoms with Gasteiger partial charge in [-0.2, -0.15) is 0 Å². The minimum absolute atomic E-state index is 0.0951. The van der Waals surface area contributed by atoms with Gasteiger partial charge in [-0.1, -0.05) is 24.3 Å². The number of hydrogen-bond donors (Lipinski definition) is 2. The molecule has 0 amide bonds. The fourth-order valence-electron chi connectivity index (χ4n) is 3.26. The lowest BCUT2D eigenvalue weighted by Crippen LogP contribution is -2.13. The normalized spacial score (nSPS) is 14.8. The van der Waals surface area contributed by atoms with Crippen LogP contribution in [-0.2, 0) is 0 Å². The van der Waals surface area contributed by atoms with Gasteiger partial charge in [0, 0.05) is 6.07 Å². The predicted octanol–water partition coefficient (Wildman–Crippen LogP) is 5.03. The van der Waals surface area contributed by atoms with Crippen LogP contribution in [0.4, 0.5) is 4.39 Å². The summed E-state index contributed by atoms with van der Waals surface area (Å²) in [5, 5.41) is 19.7. The fourth-order valence-corrected chi connectivity index (χ4v) is 3.26. The molecule has 4 nitrogen and oxygen atoms in total. The van der Waals surface area contributed by atoms with Crippen molar-refractivity contribution in [2.24, 2.45) is 0 Å². The molecular weight excluding hydrogens is 335 g/mol. The molecule has 2 N–H and O–H groups in total. The van der Waals surface area contributed by atoms with Gasteiger partial charge >= 0.3 is 5.97 Å². The number of carboxylic acid groups (broad SMARTS) is 1. The van der Waals surface area contributed by atoms with Crippen LogP contribution in [0.1, 0.15) is 52.7 Å². The van der Waals surface area contributed by atoms with Crippen molar-refractivity contribution in [1.82, 2.24) is 0 Å². The van der Waals surface area contributed by atoms with Gasteiger partial charge in [0.15, 0.2) is 0 Å². The lowest BCUT2D eigenvalue weighted by molar-refractivity contribution is 0.0693. The summed E-state index contributed by atoms with van der Waals surface area (Å²) in [5.74, 6) is -1.38. The average Bonchev–Trinajstić information content (AvgIpc) is 3.10. The third-order valence-corrected chi connectivity index (χ3v) is 4.69. The smallest absolute Gasteiger partial charge is 0.340 e. The summed E-state index contributed by atoms with van der Waals surface area (Å²) >= 11 is 0. The van der Waals surface area contributed by atoms with E-state index < -0.39 is 5.97 Å². The second-order valence-electron chi connectivity index (χ2n) is 6.52. The highest BCUT2D eigenvalue weighted by Crippen LogP contribution is 2.36. The Morgan fingerprint density at radius 3 is 2.46 bits per heavy atom. The number of aromatic carboxylic acids is 1. The van der Waals surface area contributed by atoms with E-state index in [4.69, 9.17) is 4.74 Å². The zero-order valence-electron chi connectivity index (χ0n) is 14.5. The van der Waals surface area contributed by atoms with Gasteiger partial charge in [-0.3, -0.25) is 0 Å². The molecule has 0 heterocycles. The molecule has 1 aliphatic rings. The molecule has 0 saturated heterocycles. The molecule has 3 rings (SSSR count). The molecular formula is C21H21FO4. The first-order valence-electron chi connectivity index (χ1n) is 8.66. The van der Waals surface area contributed by atoms with Crippen LogP contribution < -0.4 is 4.74 Å². The molecule has 5 heteroatoms. The van der Waals surface area contributed by atoms with Crippen molar-refractivity contribution in [3.8, 4) is 11.5 Å². The number of halogens is 1. The molecule has 2 aromatic carbocycles. The Balaban J connectivity index is 2.00. The van der Waals surface area contributed by atoms with Crippen LogP contribution in [0.2, 0.25) is 0 Å². The minimum atomic E-state index is -1.21. The van der Waals surface area contributed by atoms with Gasteiger partial charge in [0.05, 0.1) is 6.10 Å². The Bertz CT molecular complexity index is 834. The fraction of sp³-hybridized carbons (Fsp3) is 0.286. The molecule has 0 radical (unpaired) electrons. The largest absolute Gasteiger partial charge is 0.507 e. The lowest BCUT2D eigenvalue weighted by Gasteiger charge is -2.18. The number of aromatic hydroxyl groups is 1. The first-order chi connectivity index (χ1) is 12.5. The Labute approximate surface area is 151 Å². The van der Waals surface area contributed by atoms with Crippen LogP contribution >= 0.6 is 0 Å². The Morgan fingerprint density at radius 1 is 1.19 bits per heavy atom. The maximum absolute atomic E-state index is 13.0. The Hall–Kier alpha value is -2.82. The molecule has 0 unspecified atom stereocenters. The van der Waals surface area contributed by atoms with Gasteiger partial charge in [0.1, 0.15) is 22.9 Å². The predicted molar refractivity (Wildman–Crippen MR) is 98.0 cm³/mol. The topological polar surface area (TPSA) is 66.8 Å². The van der Waals surface area contributed by atoms with Gasteiger partial charge < -0.3 is 14.9 Å². The minimum Gasteiger partial charge on any atom is -0.507 e. The van der Waals surface area contributed by atoms with Crippen molar-refractivity contribution < 1.29 is 24.1 Å². The second kappa shape index (κ2) is 7.60. The third-order valence-electron chi connectivity index (χ3n) is 4.69. The first-order valence-corrected chi connectivity index (χ1v) is 8.66. The van der Waals surface area contributed by atoms with Crippen molar-refractivity contribution in [2.45, 2.75) is 38.7 Å². The zero-order chi connectivity index (χ0) is 18.7. The molecule has 0 bridgehead atoms. The molecule has 0 spiro atoms. The van der Waals surface area contributed by atoms with Crippen molar-refractivity contribution in [3.05, 3.63) is 58.4 Å². The standard InChI is InChI=1S/C21H21FO4/c1-13-17(11-8-14-6-9-15(22)10-7-14)20(21(24)25)18(23)12-19(13)26-16-4-2-3-5-16/h6-12,16,23H,2-5H2,1H3,(H,24,25). The molecule has 136 valence electrons. The summed E-state index contributed by atoms with van der Waals surface area (Å²) in [4.78, 5) is 11.6. The van der Waals surface area contributed by atoms with Gasteiger partial charge in [-0.25, -0.2) is 9.18 Å². The van der Waals surface area contributed by atoms with Gasteiger partial charge in [-0.15, -0.1) is 0 Å². The van der Waals surface area contributed by atoms with E-state index in [9.17, 15) is 19.4 Å². The number of phenols is 1. The Kier molecular flexibility index (Phi) is 5.26. The Morgan fingerprint density at radius 2 is 1.85 bits per heavy atom. The maximum Gasteiger partial charge on any atom is 0.340 e. The van der Waals surface area contributed by atoms with Crippen molar-refractivity contribution >= 4 is 18.1 Å². The molecule has 0 aliphatic heterocycles. The number of benzene rings is 2. The number of carbonyl (C=O) groups is 1. The van der Waals surface area contributed by atoms with E-state index in [2.05, 4.69) is 0 Å². The van der Waals surface area contributed by atoms with E-state index in [-0.39, 0.29) is 23.2 Å². The summed E-state index contributed by atoms with van der Waals surface area (Å²) in [5.41, 5.74) is 1.60. The van der Waals surface area contributed by atoms with Gasteiger partial charge in [0.2, 0.25) is 0 Å². The highest BCUT2D eigenvalue weighted by Gasteiger charge is 2.23. The van der Waals surface area contributed by atoms with E-state index in [0.717, 1.165) is 31.2 Å². The summed E-state index contributed by atoms with van der Waals surface area (Å²) in [6, 6.07) is 7.25. The molecule has 0 aromatic heterocycles. The first kappa shape index (κ1) is 18.0. The van der Waals surface area contributed by atoms with E-state index >= 15 is 0 Å². The number of hydrogen-bond acceptors (Lipinski definition) is 3. The van der Waals surface area contributed by atoms with Crippen LogP contribution in [0.5, 0.6) is 11.5 Å². The van der Waals surface area contributed by atoms with Gasteiger partial charge in [0.25, 0.3) is 0 Å². The van der Waals surface area contributed by atoms with E-state index in [0.29, 0.717) is 16.9 Å². The third kappa shape index (κ3) is 3.87. The summed E-state index contributed by atoms with van der Waals surface area (Å²) in [6.45, 7) is 1.78. The van der Waals surface area contributed by atoms with Crippen LogP contribution in [-0.4, -0.2) is 22.3 Å². The highest BCUT2D eigenvalue weighted by molar-refractivity contribution is 5.97. The number of ether oxygens (including phenoxy) is 1. The molecule has 1 aliphatic carbocycles. The molecule has 0 atom stereocenters.